The maximum Gasteiger partial charge on any atom is 0.0162 e. The second-order valence-corrected chi connectivity index (χ2v) is 4.74. The Balaban J connectivity index is 2.87. The second kappa shape index (κ2) is 4.14. The van der Waals surface area contributed by atoms with Crippen LogP contribution in [-0.4, -0.2) is 12.6 Å². The SMILES string of the molecule is CNC(C)(C)Cc1ccc(C)cc1C. The fourth-order valence-electron chi connectivity index (χ4n) is 1.61. The van der Waals surface area contributed by atoms with Gasteiger partial charge in [0.2, 0.25) is 0 Å². The molecule has 0 aliphatic rings. The van der Waals surface area contributed by atoms with Crippen molar-refractivity contribution in [2.75, 3.05) is 7.05 Å². The first-order chi connectivity index (χ1) is 6.44. The van der Waals surface area contributed by atoms with Crippen LogP contribution in [0, 0.1) is 13.8 Å². The first-order valence-electron chi connectivity index (χ1n) is 5.20. The van der Waals surface area contributed by atoms with Gasteiger partial charge in [-0.15, -0.1) is 0 Å². The Kier molecular flexibility index (Phi) is 3.33. The third kappa shape index (κ3) is 2.85. The van der Waals surface area contributed by atoms with E-state index in [0.29, 0.717) is 0 Å². The zero-order valence-electron chi connectivity index (χ0n) is 9.94. The van der Waals surface area contributed by atoms with Crippen molar-refractivity contribution in [1.82, 2.24) is 5.32 Å². The summed E-state index contributed by atoms with van der Waals surface area (Å²) in [7, 11) is 2.02. The zero-order chi connectivity index (χ0) is 10.8. The third-order valence-corrected chi connectivity index (χ3v) is 2.81. The van der Waals surface area contributed by atoms with E-state index in [1.165, 1.54) is 16.7 Å². The molecule has 1 N–H and O–H groups in total. The molecule has 0 unspecified atom stereocenters. The summed E-state index contributed by atoms with van der Waals surface area (Å²) in [5.41, 5.74) is 4.36. The summed E-state index contributed by atoms with van der Waals surface area (Å²) in [5, 5.41) is 3.33. The van der Waals surface area contributed by atoms with E-state index in [9.17, 15) is 0 Å². The lowest BCUT2D eigenvalue weighted by Gasteiger charge is -2.25. The predicted molar refractivity (Wildman–Crippen MR) is 62.8 cm³/mol. The van der Waals surface area contributed by atoms with Crippen molar-refractivity contribution in [3.63, 3.8) is 0 Å². The fraction of sp³-hybridized carbons (Fsp3) is 0.538. The molecule has 0 bridgehead atoms. The van der Waals surface area contributed by atoms with Gasteiger partial charge in [0.05, 0.1) is 0 Å². The molecule has 0 saturated carbocycles. The van der Waals surface area contributed by atoms with Gasteiger partial charge in [0, 0.05) is 5.54 Å². The maximum absolute atomic E-state index is 3.33. The normalized spacial score (nSPS) is 11.8. The van der Waals surface area contributed by atoms with Gasteiger partial charge in [-0.1, -0.05) is 23.8 Å². The highest BCUT2D eigenvalue weighted by atomic mass is 14.9. The van der Waals surface area contributed by atoms with E-state index in [-0.39, 0.29) is 5.54 Å². The largest absolute Gasteiger partial charge is 0.314 e. The summed E-state index contributed by atoms with van der Waals surface area (Å²) < 4.78 is 0. The van der Waals surface area contributed by atoms with Crippen LogP contribution in [0.3, 0.4) is 0 Å². The van der Waals surface area contributed by atoms with Crippen LogP contribution in [-0.2, 0) is 6.42 Å². The average molecular weight is 191 g/mol. The van der Waals surface area contributed by atoms with Crippen LogP contribution in [0.2, 0.25) is 0 Å². The van der Waals surface area contributed by atoms with Gasteiger partial charge in [-0.05, 0) is 52.3 Å². The quantitative estimate of drug-likeness (QED) is 0.774. The standard InChI is InChI=1S/C13H21N/c1-10-6-7-12(11(2)8-10)9-13(3,4)14-5/h6-8,14H,9H2,1-5H3. The minimum Gasteiger partial charge on any atom is -0.314 e. The zero-order valence-corrected chi connectivity index (χ0v) is 9.94. The van der Waals surface area contributed by atoms with Gasteiger partial charge >= 0.3 is 0 Å². The van der Waals surface area contributed by atoms with E-state index < -0.39 is 0 Å². The van der Waals surface area contributed by atoms with Gasteiger partial charge in [-0.3, -0.25) is 0 Å². The van der Waals surface area contributed by atoms with Crippen molar-refractivity contribution in [2.24, 2.45) is 0 Å². The number of hydrogen-bond donors (Lipinski definition) is 1. The predicted octanol–water partition coefficient (Wildman–Crippen LogP) is 2.84. The van der Waals surface area contributed by atoms with Crippen LogP contribution in [0.4, 0.5) is 0 Å². The molecule has 1 aromatic rings. The van der Waals surface area contributed by atoms with E-state index in [0.717, 1.165) is 6.42 Å². The number of aryl methyl sites for hydroxylation is 2. The van der Waals surface area contributed by atoms with E-state index in [1.807, 2.05) is 7.05 Å². The molecule has 1 heteroatoms. The van der Waals surface area contributed by atoms with Crippen molar-refractivity contribution in [3.8, 4) is 0 Å². The molecule has 78 valence electrons. The first kappa shape index (κ1) is 11.3. The van der Waals surface area contributed by atoms with Crippen LogP contribution in [0.5, 0.6) is 0 Å². The molecule has 0 aromatic heterocycles. The molecule has 0 aliphatic heterocycles. The Morgan fingerprint density at radius 3 is 2.36 bits per heavy atom. The molecule has 0 saturated heterocycles. The molecule has 0 aliphatic carbocycles. The van der Waals surface area contributed by atoms with Crippen LogP contribution in [0.25, 0.3) is 0 Å². The summed E-state index contributed by atoms with van der Waals surface area (Å²) in [5.74, 6) is 0. The Morgan fingerprint density at radius 2 is 1.86 bits per heavy atom. The third-order valence-electron chi connectivity index (χ3n) is 2.81. The van der Waals surface area contributed by atoms with Crippen LogP contribution < -0.4 is 5.32 Å². The van der Waals surface area contributed by atoms with Crippen molar-refractivity contribution in [3.05, 3.63) is 34.9 Å². The lowest BCUT2D eigenvalue weighted by Crippen LogP contribution is -2.38. The molecule has 0 spiro atoms. The number of rotatable bonds is 3. The minimum absolute atomic E-state index is 0.181. The smallest absolute Gasteiger partial charge is 0.0162 e. The molecule has 0 radical (unpaired) electrons. The molecule has 1 aromatic carbocycles. The highest BCUT2D eigenvalue weighted by Crippen LogP contribution is 2.17. The van der Waals surface area contributed by atoms with Gasteiger partial charge in [-0.25, -0.2) is 0 Å². The highest BCUT2D eigenvalue weighted by Gasteiger charge is 2.16. The Hall–Kier alpha value is -0.820. The molecular weight excluding hydrogens is 170 g/mol. The lowest BCUT2D eigenvalue weighted by molar-refractivity contribution is 0.421. The van der Waals surface area contributed by atoms with Crippen molar-refractivity contribution >= 4 is 0 Å². The second-order valence-electron chi connectivity index (χ2n) is 4.74. The Morgan fingerprint density at radius 1 is 1.21 bits per heavy atom. The molecular formula is C13H21N. The monoisotopic (exact) mass is 191 g/mol. The van der Waals surface area contributed by atoms with Gasteiger partial charge in [0.15, 0.2) is 0 Å². The molecule has 0 atom stereocenters. The molecule has 1 rings (SSSR count). The summed E-state index contributed by atoms with van der Waals surface area (Å²) in [4.78, 5) is 0. The molecule has 0 heterocycles. The summed E-state index contributed by atoms with van der Waals surface area (Å²) in [6, 6.07) is 6.68. The molecule has 14 heavy (non-hydrogen) atoms. The van der Waals surface area contributed by atoms with Crippen molar-refractivity contribution in [1.29, 1.82) is 0 Å². The average Bonchev–Trinajstić information content (AvgIpc) is 2.10. The summed E-state index contributed by atoms with van der Waals surface area (Å²) in [6.45, 7) is 8.78. The lowest BCUT2D eigenvalue weighted by atomic mass is 9.92. The Labute approximate surface area is 87.5 Å². The fourth-order valence-corrected chi connectivity index (χ4v) is 1.61. The number of benzene rings is 1. The van der Waals surface area contributed by atoms with Gasteiger partial charge in [0.1, 0.15) is 0 Å². The topological polar surface area (TPSA) is 12.0 Å². The van der Waals surface area contributed by atoms with Gasteiger partial charge in [-0.2, -0.15) is 0 Å². The summed E-state index contributed by atoms with van der Waals surface area (Å²) >= 11 is 0. The van der Waals surface area contributed by atoms with E-state index in [1.54, 1.807) is 0 Å². The van der Waals surface area contributed by atoms with E-state index >= 15 is 0 Å². The highest BCUT2D eigenvalue weighted by molar-refractivity contribution is 5.31. The van der Waals surface area contributed by atoms with E-state index in [2.05, 4.69) is 51.2 Å². The van der Waals surface area contributed by atoms with Crippen molar-refractivity contribution < 1.29 is 0 Å². The molecule has 0 amide bonds. The van der Waals surface area contributed by atoms with Gasteiger partial charge < -0.3 is 5.32 Å². The first-order valence-corrected chi connectivity index (χ1v) is 5.20. The van der Waals surface area contributed by atoms with Crippen LogP contribution in [0.15, 0.2) is 18.2 Å². The van der Waals surface area contributed by atoms with Crippen molar-refractivity contribution in [2.45, 2.75) is 39.7 Å². The van der Waals surface area contributed by atoms with E-state index in [4.69, 9.17) is 0 Å². The van der Waals surface area contributed by atoms with Crippen LogP contribution in [0.1, 0.15) is 30.5 Å². The maximum atomic E-state index is 3.33. The number of nitrogens with one attached hydrogen (secondary N) is 1. The number of likely N-dealkylation sites (N-methyl/N-ethyl adjacent to an activating group) is 1. The Bertz CT molecular complexity index is 313. The molecule has 1 nitrogen and oxygen atoms in total. The number of hydrogen-bond acceptors (Lipinski definition) is 1. The van der Waals surface area contributed by atoms with Crippen LogP contribution >= 0.6 is 0 Å². The molecule has 0 fully saturated rings. The van der Waals surface area contributed by atoms with Gasteiger partial charge in [0.25, 0.3) is 0 Å². The minimum atomic E-state index is 0.181. The summed E-state index contributed by atoms with van der Waals surface area (Å²) in [6.07, 6.45) is 1.08.